The average molecular weight is 751 g/mol. The van der Waals surface area contributed by atoms with Crippen LogP contribution in [0.2, 0.25) is 0 Å². The van der Waals surface area contributed by atoms with Crippen LogP contribution < -0.4 is 20.4 Å². The summed E-state index contributed by atoms with van der Waals surface area (Å²) < 4.78 is 16.8. The molecule has 55 heavy (non-hydrogen) atoms. The average Bonchev–Trinajstić information content (AvgIpc) is 3.85. The maximum Gasteiger partial charge on any atom is 0.270 e. The Hall–Kier alpha value is -5.11. The molecule has 3 amide bonds. The number of hydrogen-bond donors (Lipinski definition) is 2. The Labute approximate surface area is 321 Å². The molecule has 0 radical (unpaired) electrons. The first-order valence-electron chi connectivity index (χ1n) is 19.9. The predicted octanol–water partition coefficient (Wildman–Crippen LogP) is 5.47. The predicted molar refractivity (Wildman–Crippen MR) is 210 cm³/mol. The van der Waals surface area contributed by atoms with E-state index in [1.165, 1.54) is 6.07 Å². The lowest BCUT2D eigenvalue weighted by molar-refractivity contribution is -0.134. The first kappa shape index (κ1) is 36.8. The zero-order valence-electron chi connectivity index (χ0n) is 31.8. The Morgan fingerprint density at radius 3 is 2.36 bits per heavy atom. The Kier molecular flexibility index (Phi) is 10.7. The van der Waals surface area contributed by atoms with Crippen LogP contribution in [0, 0.1) is 11.7 Å². The van der Waals surface area contributed by atoms with Crippen LogP contribution in [0.25, 0.3) is 11.0 Å². The van der Waals surface area contributed by atoms with E-state index in [1.807, 2.05) is 24.4 Å². The van der Waals surface area contributed by atoms with E-state index in [4.69, 9.17) is 9.97 Å². The first-order valence-corrected chi connectivity index (χ1v) is 19.9. The van der Waals surface area contributed by atoms with Crippen LogP contribution in [0.4, 0.5) is 27.5 Å². The van der Waals surface area contributed by atoms with E-state index >= 15 is 0 Å². The van der Waals surface area contributed by atoms with Gasteiger partial charge in [-0.1, -0.05) is 12.8 Å². The summed E-state index contributed by atoms with van der Waals surface area (Å²) in [6, 6.07) is 11.2. The smallest absolute Gasteiger partial charge is 0.270 e. The first-order chi connectivity index (χ1) is 26.7. The van der Waals surface area contributed by atoms with Crippen molar-refractivity contribution in [2.75, 3.05) is 75.0 Å². The lowest BCUT2D eigenvalue weighted by atomic mass is 9.89. The Bertz CT molecular complexity index is 2030. The van der Waals surface area contributed by atoms with Crippen molar-refractivity contribution in [3.63, 3.8) is 0 Å². The third kappa shape index (κ3) is 8.14. The van der Waals surface area contributed by atoms with E-state index in [1.54, 1.807) is 31.3 Å². The highest BCUT2D eigenvalue weighted by atomic mass is 19.1. The Morgan fingerprint density at radius 2 is 1.65 bits per heavy atom. The topological polar surface area (TPSA) is 132 Å². The minimum Gasteiger partial charge on any atom is -0.371 e. The SMILES string of the molecule is CN(C)C(=O)c1cc2cnc(Nc3ccc(N4CCN(CCC5CCN(c6cc(F)cc(C7CCC(=O)NC7=O)c6)CC5)CC4)cn3)nc2n1C1CCCC1. The molecule has 6 heterocycles. The number of halogens is 1. The van der Waals surface area contributed by atoms with Crippen LogP contribution in [-0.2, 0) is 9.59 Å². The van der Waals surface area contributed by atoms with Gasteiger partial charge in [0.05, 0.1) is 17.8 Å². The maximum atomic E-state index is 14.7. The van der Waals surface area contributed by atoms with Gasteiger partial charge in [0, 0.05) is 83.1 Å². The fourth-order valence-electron chi connectivity index (χ4n) is 8.82. The molecular formula is C41H51FN10O3. The van der Waals surface area contributed by atoms with E-state index in [2.05, 4.69) is 41.0 Å². The number of benzene rings is 1. The molecule has 13 nitrogen and oxygen atoms in total. The number of rotatable bonds is 10. The number of carbonyl (C=O) groups is 3. The number of carbonyl (C=O) groups excluding carboxylic acids is 3. The van der Waals surface area contributed by atoms with Crippen molar-refractivity contribution in [2.24, 2.45) is 5.92 Å². The van der Waals surface area contributed by atoms with Crippen molar-refractivity contribution < 1.29 is 18.8 Å². The molecule has 1 atom stereocenters. The molecular weight excluding hydrogens is 700 g/mol. The molecule has 2 N–H and O–H groups in total. The van der Waals surface area contributed by atoms with Crippen LogP contribution in [-0.4, -0.2) is 107 Å². The molecule has 1 unspecified atom stereocenters. The molecule has 4 aromatic rings. The number of imide groups is 1. The van der Waals surface area contributed by atoms with Crippen LogP contribution in [0.5, 0.6) is 0 Å². The zero-order valence-corrected chi connectivity index (χ0v) is 31.8. The van der Waals surface area contributed by atoms with Gasteiger partial charge in [-0.05, 0) is 92.9 Å². The van der Waals surface area contributed by atoms with Gasteiger partial charge in [-0.15, -0.1) is 0 Å². The van der Waals surface area contributed by atoms with Gasteiger partial charge in [-0.3, -0.25) is 24.6 Å². The molecule has 3 saturated heterocycles. The number of aromatic nitrogens is 4. The summed E-state index contributed by atoms with van der Waals surface area (Å²) in [5.74, 6) is 0.298. The van der Waals surface area contributed by atoms with Gasteiger partial charge in [-0.25, -0.2) is 14.4 Å². The lowest BCUT2D eigenvalue weighted by Gasteiger charge is -2.38. The van der Waals surface area contributed by atoms with E-state index < -0.39 is 5.92 Å². The normalized spacial score (nSPS) is 20.3. The Morgan fingerprint density at radius 1 is 0.891 bits per heavy atom. The summed E-state index contributed by atoms with van der Waals surface area (Å²) in [4.78, 5) is 60.0. The van der Waals surface area contributed by atoms with Gasteiger partial charge in [0.2, 0.25) is 17.8 Å². The van der Waals surface area contributed by atoms with Crippen molar-refractivity contribution in [3.8, 4) is 0 Å². The minimum atomic E-state index is -0.489. The fraction of sp³-hybridized carbons (Fsp3) is 0.512. The second-order valence-electron chi connectivity index (χ2n) is 15.8. The standard InChI is InChI=1S/C41H51FN10O3/c1-48(2)40(55)35-23-29-25-44-41(47-38(29)52(35)31-5-3-4-6-31)45-36-9-7-32(26-43-36)51-19-17-49(18-20-51)14-11-27-12-15-50(16-13-27)33-22-28(21-30(42)24-33)34-8-10-37(53)46-39(34)54/h7,9,21-27,31,34H,3-6,8,10-20H2,1-2H3,(H,46,53,54)(H,43,44,45,47). The summed E-state index contributed by atoms with van der Waals surface area (Å²) >= 11 is 0. The molecule has 0 spiro atoms. The van der Waals surface area contributed by atoms with E-state index in [0.29, 0.717) is 35.4 Å². The third-order valence-corrected chi connectivity index (χ3v) is 12.0. The molecule has 4 fully saturated rings. The number of nitrogens with one attached hydrogen (secondary N) is 2. The number of nitrogens with zero attached hydrogens (tertiary/aromatic N) is 8. The molecule has 3 aromatic heterocycles. The summed E-state index contributed by atoms with van der Waals surface area (Å²) in [5, 5.41) is 6.53. The molecule has 290 valence electrons. The molecule has 3 aliphatic heterocycles. The van der Waals surface area contributed by atoms with Gasteiger partial charge in [0.15, 0.2) is 0 Å². The van der Waals surface area contributed by atoms with Crippen molar-refractivity contribution in [2.45, 2.75) is 69.7 Å². The van der Waals surface area contributed by atoms with Gasteiger partial charge in [-0.2, -0.15) is 4.98 Å². The highest BCUT2D eigenvalue weighted by Gasteiger charge is 2.30. The third-order valence-electron chi connectivity index (χ3n) is 12.0. The molecule has 1 aromatic carbocycles. The molecule has 1 aliphatic carbocycles. The highest BCUT2D eigenvalue weighted by molar-refractivity contribution is 6.01. The molecule has 1 saturated carbocycles. The number of pyridine rings is 1. The van der Waals surface area contributed by atoms with E-state index in [0.717, 1.165) is 113 Å². The quantitative estimate of drug-likeness (QED) is 0.201. The monoisotopic (exact) mass is 750 g/mol. The fourth-order valence-corrected chi connectivity index (χ4v) is 8.82. The molecule has 14 heteroatoms. The number of fused-ring (bicyclic) bond motifs is 1. The molecule has 4 aliphatic rings. The number of anilines is 4. The van der Waals surface area contributed by atoms with Crippen molar-refractivity contribution in [1.82, 2.24) is 34.6 Å². The van der Waals surface area contributed by atoms with Gasteiger partial charge >= 0.3 is 0 Å². The van der Waals surface area contributed by atoms with Gasteiger partial charge in [0.1, 0.15) is 23.0 Å². The number of piperazine rings is 1. The summed E-state index contributed by atoms with van der Waals surface area (Å²) in [5.41, 5.74) is 4.00. The largest absolute Gasteiger partial charge is 0.371 e. The van der Waals surface area contributed by atoms with Crippen molar-refractivity contribution >= 4 is 51.9 Å². The van der Waals surface area contributed by atoms with E-state index in [9.17, 15) is 18.8 Å². The van der Waals surface area contributed by atoms with Crippen molar-refractivity contribution in [1.29, 1.82) is 0 Å². The van der Waals surface area contributed by atoms with Gasteiger partial charge < -0.3 is 24.6 Å². The van der Waals surface area contributed by atoms with Crippen LogP contribution in [0.3, 0.4) is 0 Å². The molecule has 8 rings (SSSR count). The molecule has 0 bridgehead atoms. The second-order valence-corrected chi connectivity index (χ2v) is 15.8. The van der Waals surface area contributed by atoms with Crippen LogP contribution in [0.1, 0.15) is 85.8 Å². The van der Waals surface area contributed by atoms with Crippen LogP contribution in [0.15, 0.2) is 48.8 Å². The van der Waals surface area contributed by atoms with Gasteiger partial charge in [0.25, 0.3) is 5.91 Å². The number of amides is 3. The van der Waals surface area contributed by atoms with Crippen molar-refractivity contribution in [3.05, 3.63) is 65.9 Å². The minimum absolute atomic E-state index is 0.0253. The van der Waals surface area contributed by atoms with E-state index in [-0.39, 0.29) is 36.0 Å². The highest BCUT2D eigenvalue weighted by Crippen LogP contribution is 2.35. The second kappa shape index (κ2) is 15.9. The zero-order chi connectivity index (χ0) is 38.1. The summed E-state index contributed by atoms with van der Waals surface area (Å²) in [6.45, 7) is 6.67. The number of hydrogen-bond acceptors (Lipinski definition) is 10. The lowest BCUT2D eigenvalue weighted by Crippen LogP contribution is -2.47. The number of piperidine rings is 2. The van der Waals surface area contributed by atoms with Crippen LogP contribution >= 0.6 is 0 Å². The maximum absolute atomic E-state index is 14.7. The Balaban J connectivity index is 0.807. The summed E-state index contributed by atoms with van der Waals surface area (Å²) in [7, 11) is 3.56. The summed E-state index contributed by atoms with van der Waals surface area (Å²) in [6.07, 6.45) is 12.0.